The van der Waals surface area contributed by atoms with Crippen LogP contribution in [0.25, 0.3) is 0 Å². The van der Waals surface area contributed by atoms with E-state index in [9.17, 15) is 19.6 Å². The largest absolute Gasteiger partial charge is 0.361 e. The number of aliphatic hydroxyl groups is 1. The van der Waals surface area contributed by atoms with Crippen LogP contribution in [0.15, 0.2) is 18.2 Å². The zero-order chi connectivity index (χ0) is 14.0. The molecule has 1 unspecified atom stereocenters. The molecule has 0 radical (unpaired) electrons. The first-order chi connectivity index (χ1) is 8.96. The van der Waals surface area contributed by atoms with Crippen molar-refractivity contribution in [3.8, 4) is 0 Å². The number of likely N-dealkylation sites (N-methyl/N-ethyl adjacent to an activating group) is 1. The van der Waals surface area contributed by atoms with Crippen molar-refractivity contribution in [1.82, 2.24) is 4.90 Å². The fourth-order valence-electron chi connectivity index (χ4n) is 2.11. The molecular weight excluding hydrogens is 255 g/mol. The summed E-state index contributed by atoms with van der Waals surface area (Å²) in [6, 6.07) is 3.31. The third-order valence-electron chi connectivity index (χ3n) is 3.23. The van der Waals surface area contributed by atoms with Crippen molar-refractivity contribution in [1.29, 1.82) is 0 Å². The SMILES string of the molecule is CCN1CCOC(O)(c2ccc([N+](=O)[O-])c(F)c2)C1. The molecule has 1 heterocycles. The molecule has 2 rings (SSSR count). The zero-order valence-corrected chi connectivity index (χ0v) is 10.5. The van der Waals surface area contributed by atoms with Crippen molar-refractivity contribution in [3.63, 3.8) is 0 Å². The van der Waals surface area contributed by atoms with Crippen LogP contribution in [0.2, 0.25) is 0 Å². The van der Waals surface area contributed by atoms with E-state index in [1.807, 2.05) is 11.8 Å². The van der Waals surface area contributed by atoms with Crippen LogP contribution in [-0.2, 0) is 10.5 Å². The highest BCUT2D eigenvalue weighted by Crippen LogP contribution is 2.30. The van der Waals surface area contributed by atoms with E-state index in [1.54, 1.807) is 0 Å². The van der Waals surface area contributed by atoms with Crippen molar-refractivity contribution in [2.24, 2.45) is 0 Å². The summed E-state index contributed by atoms with van der Waals surface area (Å²) in [5, 5.41) is 20.9. The van der Waals surface area contributed by atoms with Gasteiger partial charge in [0, 0.05) is 18.2 Å². The Labute approximate surface area is 109 Å². The molecule has 0 aromatic heterocycles. The number of β-amino-alcohol motifs (C(OH)–C–C–N with tert-alkyl or cyclic N) is 1. The standard InChI is InChI=1S/C12H15FN2O4/c1-2-14-5-6-19-12(16,8-14)9-3-4-11(15(17)18)10(13)7-9/h3-4,7,16H,2,5-6,8H2,1H3. The molecule has 104 valence electrons. The first-order valence-corrected chi connectivity index (χ1v) is 5.99. The fraction of sp³-hybridized carbons (Fsp3) is 0.500. The molecule has 0 saturated carbocycles. The highest BCUT2D eigenvalue weighted by molar-refractivity contribution is 5.36. The second-order valence-electron chi connectivity index (χ2n) is 4.42. The minimum Gasteiger partial charge on any atom is -0.361 e. The van der Waals surface area contributed by atoms with Gasteiger partial charge in [-0.05, 0) is 18.7 Å². The number of benzene rings is 1. The van der Waals surface area contributed by atoms with E-state index in [-0.39, 0.29) is 12.1 Å². The molecule has 0 amide bonds. The number of rotatable bonds is 3. The Hall–Kier alpha value is -1.57. The minimum atomic E-state index is -1.62. The Morgan fingerprint density at radius 3 is 2.95 bits per heavy atom. The van der Waals surface area contributed by atoms with E-state index < -0.39 is 22.2 Å². The van der Waals surface area contributed by atoms with E-state index in [4.69, 9.17) is 4.74 Å². The lowest BCUT2D eigenvalue weighted by molar-refractivity contribution is -0.387. The topological polar surface area (TPSA) is 75.8 Å². The lowest BCUT2D eigenvalue weighted by Crippen LogP contribution is -2.49. The van der Waals surface area contributed by atoms with Gasteiger partial charge in [0.05, 0.1) is 18.1 Å². The molecule has 1 aromatic carbocycles. The molecule has 19 heavy (non-hydrogen) atoms. The predicted molar refractivity (Wildman–Crippen MR) is 65.0 cm³/mol. The molecule has 1 aliphatic heterocycles. The fourth-order valence-corrected chi connectivity index (χ4v) is 2.11. The zero-order valence-electron chi connectivity index (χ0n) is 10.5. The number of nitrogens with zero attached hydrogens (tertiary/aromatic N) is 2. The smallest absolute Gasteiger partial charge is 0.304 e. The van der Waals surface area contributed by atoms with Gasteiger partial charge in [-0.3, -0.25) is 15.0 Å². The number of hydrogen-bond donors (Lipinski definition) is 1. The number of morpholine rings is 1. The molecule has 0 bridgehead atoms. The molecule has 6 nitrogen and oxygen atoms in total. The average Bonchev–Trinajstić information content (AvgIpc) is 2.38. The summed E-state index contributed by atoms with van der Waals surface area (Å²) >= 11 is 0. The van der Waals surface area contributed by atoms with Gasteiger partial charge in [0.2, 0.25) is 11.6 Å². The van der Waals surface area contributed by atoms with Crippen LogP contribution < -0.4 is 0 Å². The maximum absolute atomic E-state index is 13.6. The second-order valence-corrected chi connectivity index (χ2v) is 4.42. The van der Waals surface area contributed by atoms with Crippen molar-refractivity contribution < 1.29 is 19.2 Å². The van der Waals surface area contributed by atoms with Gasteiger partial charge in [0.15, 0.2) is 0 Å². The van der Waals surface area contributed by atoms with Gasteiger partial charge in [-0.15, -0.1) is 0 Å². The molecule has 1 saturated heterocycles. The van der Waals surface area contributed by atoms with E-state index in [2.05, 4.69) is 0 Å². The molecule has 0 aliphatic carbocycles. The summed E-state index contributed by atoms with van der Waals surface area (Å²) in [7, 11) is 0. The summed E-state index contributed by atoms with van der Waals surface area (Å²) in [4.78, 5) is 11.7. The van der Waals surface area contributed by atoms with E-state index in [0.717, 1.165) is 18.7 Å². The van der Waals surface area contributed by atoms with Crippen LogP contribution in [0.1, 0.15) is 12.5 Å². The Kier molecular flexibility index (Phi) is 3.79. The monoisotopic (exact) mass is 270 g/mol. The van der Waals surface area contributed by atoms with Crippen molar-refractivity contribution in [2.75, 3.05) is 26.2 Å². The summed E-state index contributed by atoms with van der Waals surface area (Å²) in [6.07, 6.45) is 0. The quantitative estimate of drug-likeness (QED) is 0.660. The van der Waals surface area contributed by atoms with Crippen molar-refractivity contribution in [3.05, 3.63) is 39.7 Å². The summed E-state index contributed by atoms with van der Waals surface area (Å²) in [5.74, 6) is -2.60. The van der Waals surface area contributed by atoms with E-state index >= 15 is 0 Å². The third kappa shape index (κ3) is 2.73. The Balaban J connectivity index is 2.30. The summed E-state index contributed by atoms with van der Waals surface area (Å²) < 4.78 is 18.9. The van der Waals surface area contributed by atoms with Crippen LogP contribution in [-0.4, -0.2) is 41.2 Å². The summed E-state index contributed by atoms with van der Waals surface area (Å²) in [5.41, 5.74) is -0.427. The molecule has 1 atom stereocenters. The average molecular weight is 270 g/mol. The Morgan fingerprint density at radius 1 is 1.63 bits per heavy atom. The highest BCUT2D eigenvalue weighted by Gasteiger charge is 2.36. The summed E-state index contributed by atoms with van der Waals surface area (Å²) in [6.45, 7) is 3.90. The molecule has 1 aliphatic rings. The van der Waals surface area contributed by atoms with Gasteiger partial charge in [0.1, 0.15) is 0 Å². The molecule has 0 spiro atoms. The van der Waals surface area contributed by atoms with Crippen molar-refractivity contribution in [2.45, 2.75) is 12.7 Å². The van der Waals surface area contributed by atoms with Gasteiger partial charge in [-0.1, -0.05) is 6.92 Å². The predicted octanol–water partition coefficient (Wildman–Crippen LogP) is 1.23. The van der Waals surface area contributed by atoms with Crippen LogP contribution in [0.5, 0.6) is 0 Å². The molecule has 1 N–H and O–H groups in total. The number of nitro groups is 1. The molecule has 7 heteroatoms. The van der Waals surface area contributed by atoms with E-state index in [1.165, 1.54) is 6.07 Å². The van der Waals surface area contributed by atoms with Gasteiger partial charge in [-0.2, -0.15) is 4.39 Å². The van der Waals surface area contributed by atoms with Crippen LogP contribution in [0, 0.1) is 15.9 Å². The number of nitro benzene ring substituents is 1. The Morgan fingerprint density at radius 2 is 2.37 bits per heavy atom. The van der Waals surface area contributed by atoms with Crippen LogP contribution >= 0.6 is 0 Å². The number of halogens is 1. The maximum Gasteiger partial charge on any atom is 0.304 e. The van der Waals surface area contributed by atoms with Gasteiger partial charge in [0.25, 0.3) is 0 Å². The lowest BCUT2D eigenvalue weighted by Gasteiger charge is -2.38. The van der Waals surface area contributed by atoms with Crippen molar-refractivity contribution >= 4 is 5.69 Å². The van der Waals surface area contributed by atoms with E-state index in [0.29, 0.717) is 13.2 Å². The first kappa shape index (κ1) is 13.9. The Bertz CT molecular complexity index is 497. The number of hydrogen-bond acceptors (Lipinski definition) is 5. The van der Waals surface area contributed by atoms with Gasteiger partial charge < -0.3 is 9.84 Å². The molecule has 1 fully saturated rings. The first-order valence-electron chi connectivity index (χ1n) is 5.99. The highest BCUT2D eigenvalue weighted by atomic mass is 19.1. The molecule has 1 aromatic rings. The minimum absolute atomic E-state index is 0.189. The normalized spacial score (nSPS) is 24.4. The number of ether oxygens (including phenoxy) is 1. The van der Waals surface area contributed by atoms with Crippen LogP contribution in [0.4, 0.5) is 10.1 Å². The molecular formula is C12H15FN2O4. The maximum atomic E-state index is 13.6. The second kappa shape index (κ2) is 5.20. The van der Waals surface area contributed by atoms with Gasteiger partial charge in [-0.25, -0.2) is 0 Å². The third-order valence-corrected chi connectivity index (χ3v) is 3.23. The van der Waals surface area contributed by atoms with Crippen LogP contribution in [0.3, 0.4) is 0 Å². The van der Waals surface area contributed by atoms with Gasteiger partial charge >= 0.3 is 5.69 Å². The lowest BCUT2D eigenvalue weighted by atomic mass is 10.0.